The largest absolute Gasteiger partial charge is 0.139 e. The number of alkyl halides is 1. The quantitative estimate of drug-likeness (QED) is 0.669. The van der Waals surface area contributed by atoms with Crippen LogP contribution in [0.4, 0.5) is 0 Å². The number of thiophene rings is 1. The molecule has 74 valence electrons. The Labute approximate surface area is 105 Å². The van der Waals surface area contributed by atoms with Crippen molar-refractivity contribution in [1.82, 2.24) is 0 Å². The topological polar surface area (TPSA) is 0 Å². The number of hydrogen-bond donors (Lipinski definition) is 0. The van der Waals surface area contributed by atoms with E-state index < -0.39 is 0 Å². The molecule has 2 rings (SSSR count). The molecule has 0 fully saturated rings. The normalized spacial score (nSPS) is 11.1. The number of rotatable bonds is 2. The molecule has 0 atom stereocenters. The number of hydrogen-bond acceptors (Lipinski definition) is 1. The highest BCUT2D eigenvalue weighted by atomic mass is 79.9. The summed E-state index contributed by atoms with van der Waals surface area (Å²) in [4.78, 5) is 1.46. The van der Waals surface area contributed by atoms with E-state index in [4.69, 9.17) is 0 Å². The standard InChI is InChI=1S/C11H10Br2S/c1-2-8-9-4-3-7(13)5-10(9)14-11(8)6-12/h3-5H,2,6H2,1H3. The maximum absolute atomic E-state index is 3.54. The third-order valence-corrected chi connectivity index (χ3v) is 4.93. The van der Waals surface area contributed by atoms with Gasteiger partial charge in [-0.05, 0) is 29.5 Å². The van der Waals surface area contributed by atoms with Crippen LogP contribution in [0.5, 0.6) is 0 Å². The fourth-order valence-corrected chi connectivity index (χ4v) is 4.05. The third kappa shape index (κ3) is 1.77. The second-order valence-electron chi connectivity index (χ2n) is 3.13. The van der Waals surface area contributed by atoms with Gasteiger partial charge in [0, 0.05) is 19.4 Å². The SMILES string of the molecule is CCc1c(CBr)sc2cc(Br)ccc12. The van der Waals surface area contributed by atoms with Crippen LogP contribution in [0.25, 0.3) is 10.1 Å². The maximum atomic E-state index is 3.54. The van der Waals surface area contributed by atoms with Crippen LogP contribution in [-0.2, 0) is 11.8 Å². The summed E-state index contributed by atoms with van der Waals surface area (Å²) in [5.74, 6) is 0. The van der Waals surface area contributed by atoms with Gasteiger partial charge >= 0.3 is 0 Å². The van der Waals surface area contributed by atoms with E-state index in [1.165, 1.54) is 20.5 Å². The molecule has 0 aliphatic heterocycles. The second kappa shape index (κ2) is 4.33. The summed E-state index contributed by atoms with van der Waals surface area (Å²) in [6.07, 6.45) is 1.11. The molecule has 1 heterocycles. The maximum Gasteiger partial charge on any atom is 0.0380 e. The Kier molecular flexibility index (Phi) is 3.30. The molecule has 0 saturated heterocycles. The van der Waals surface area contributed by atoms with Crippen LogP contribution in [-0.4, -0.2) is 0 Å². The molecule has 0 aliphatic rings. The summed E-state index contributed by atoms with van der Waals surface area (Å²) in [7, 11) is 0. The lowest BCUT2D eigenvalue weighted by Crippen LogP contribution is -1.81. The Hall–Kier alpha value is 0.140. The summed E-state index contributed by atoms with van der Waals surface area (Å²) in [6, 6.07) is 6.53. The van der Waals surface area contributed by atoms with Crippen molar-refractivity contribution in [2.24, 2.45) is 0 Å². The first kappa shape index (κ1) is 10.7. The molecule has 3 heteroatoms. The van der Waals surface area contributed by atoms with Gasteiger partial charge in [-0.3, -0.25) is 0 Å². The second-order valence-corrected chi connectivity index (χ2v) is 5.74. The molecule has 0 saturated carbocycles. The fourth-order valence-electron chi connectivity index (χ4n) is 1.67. The summed E-state index contributed by atoms with van der Waals surface area (Å²) >= 11 is 8.94. The first-order chi connectivity index (χ1) is 6.76. The van der Waals surface area contributed by atoms with Crippen LogP contribution < -0.4 is 0 Å². The average molecular weight is 334 g/mol. The zero-order chi connectivity index (χ0) is 10.1. The van der Waals surface area contributed by atoms with Crippen molar-refractivity contribution in [1.29, 1.82) is 0 Å². The summed E-state index contributed by atoms with van der Waals surface area (Å²) in [6.45, 7) is 2.22. The van der Waals surface area contributed by atoms with Gasteiger partial charge in [-0.25, -0.2) is 0 Å². The van der Waals surface area contributed by atoms with Crippen LogP contribution in [0.15, 0.2) is 22.7 Å². The predicted octanol–water partition coefficient (Wildman–Crippen LogP) is 5.12. The van der Waals surface area contributed by atoms with Crippen LogP contribution in [0.3, 0.4) is 0 Å². The zero-order valence-electron chi connectivity index (χ0n) is 7.81. The molecule has 14 heavy (non-hydrogen) atoms. The van der Waals surface area contributed by atoms with E-state index in [1.54, 1.807) is 0 Å². The summed E-state index contributed by atoms with van der Waals surface area (Å²) in [5, 5.41) is 2.38. The molecular weight excluding hydrogens is 324 g/mol. The Morgan fingerprint density at radius 3 is 2.79 bits per heavy atom. The van der Waals surface area contributed by atoms with E-state index in [1.807, 2.05) is 11.3 Å². The molecule has 0 amide bonds. The molecule has 0 nitrogen and oxygen atoms in total. The van der Waals surface area contributed by atoms with Gasteiger partial charge in [0.15, 0.2) is 0 Å². The Balaban J connectivity index is 2.73. The van der Waals surface area contributed by atoms with Crippen LogP contribution in [0.2, 0.25) is 0 Å². The average Bonchev–Trinajstić information content (AvgIpc) is 2.54. The minimum Gasteiger partial charge on any atom is -0.139 e. The number of fused-ring (bicyclic) bond motifs is 1. The lowest BCUT2D eigenvalue weighted by molar-refractivity contribution is 1.15. The lowest BCUT2D eigenvalue weighted by Gasteiger charge is -1.96. The lowest BCUT2D eigenvalue weighted by atomic mass is 10.1. The molecular formula is C11H10Br2S. The van der Waals surface area contributed by atoms with Crippen molar-refractivity contribution >= 4 is 53.3 Å². The molecule has 1 aromatic heterocycles. The van der Waals surface area contributed by atoms with E-state index in [9.17, 15) is 0 Å². The van der Waals surface area contributed by atoms with E-state index in [0.717, 1.165) is 16.2 Å². The minimum atomic E-state index is 0.965. The molecule has 0 aliphatic carbocycles. The van der Waals surface area contributed by atoms with Crippen molar-refractivity contribution in [2.45, 2.75) is 18.7 Å². The highest BCUT2D eigenvalue weighted by molar-refractivity contribution is 9.10. The van der Waals surface area contributed by atoms with Gasteiger partial charge in [-0.1, -0.05) is 44.8 Å². The molecule has 0 unspecified atom stereocenters. The van der Waals surface area contributed by atoms with Gasteiger partial charge in [-0.2, -0.15) is 0 Å². The van der Waals surface area contributed by atoms with E-state index >= 15 is 0 Å². The van der Waals surface area contributed by atoms with E-state index in [-0.39, 0.29) is 0 Å². The summed E-state index contributed by atoms with van der Waals surface area (Å²) < 4.78 is 2.54. The first-order valence-electron chi connectivity index (χ1n) is 4.52. The minimum absolute atomic E-state index is 0.965. The molecule has 0 bridgehead atoms. The van der Waals surface area contributed by atoms with Crippen molar-refractivity contribution in [3.8, 4) is 0 Å². The van der Waals surface area contributed by atoms with Gasteiger partial charge in [0.05, 0.1) is 0 Å². The summed E-state index contributed by atoms with van der Waals surface area (Å²) in [5.41, 5.74) is 1.49. The first-order valence-corrected chi connectivity index (χ1v) is 7.25. The molecule has 0 radical (unpaired) electrons. The van der Waals surface area contributed by atoms with Crippen molar-refractivity contribution < 1.29 is 0 Å². The van der Waals surface area contributed by atoms with Crippen LogP contribution in [0.1, 0.15) is 17.4 Å². The van der Waals surface area contributed by atoms with Gasteiger partial charge in [-0.15, -0.1) is 11.3 Å². The molecule has 0 N–H and O–H groups in total. The van der Waals surface area contributed by atoms with Crippen LogP contribution >= 0.6 is 43.2 Å². The number of benzene rings is 1. The van der Waals surface area contributed by atoms with Gasteiger partial charge in [0.2, 0.25) is 0 Å². The monoisotopic (exact) mass is 332 g/mol. The Morgan fingerprint density at radius 1 is 1.36 bits per heavy atom. The fraction of sp³-hybridized carbons (Fsp3) is 0.273. The van der Waals surface area contributed by atoms with Crippen molar-refractivity contribution in [3.05, 3.63) is 33.1 Å². The van der Waals surface area contributed by atoms with Gasteiger partial charge in [0.25, 0.3) is 0 Å². The predicted molar refractivity (Wildman–Crippen MR) is 71.5 cm³/mol. The Morgan fingerprint density at radius 2 is 2.14 bits per heavy atom. The highest BCUT2D eigenvalue weighted by Gasteiger charge is 2.09. The highest BCUT2D eigenvalue weighted by Crippen LogP contribution is 2.34. The molecule has 0 spiro atoms. The number of aryl methyl sites for hydroxylation is 1. The van der Waals surface area contributed by atoms with E-state index in [2.05, 4.69) is 57.0 Å². The Bertz CT molecular complexity index is 460. The molecule has 2 aromatic rings. The third-order valence-electron chi connectivity index (χ3n) is 2.31. The zero-order valence-corrected chi connectivity index (χ0v) is 11.8. The van der Waals surface area contributed by atoms with E-state index in [0.29, 0.717) is 0 Å². The van der Waals surface area contributed by atoms with Gasteiger partial charge in [0.1, 0.15) is 0 Å². The van der Waals surface area contributed by atoms with Crippen molar-refractivity contribution in [2.75, 3.05) is 0 Å². The van der Waals surface area contributed by atoms with Crippen LogP contribution in [0, 0.1) is 0 Å². The van der Waals surface area contributed by atoms with Crippen molar-refractivity contribution in [3.63, 3.8) is 0 Å². The number of halogens is 2. The van der Waals surface area contributed by atoms with Gasteiger partial charge < -0.3 is 0 Å². The molecule has 1 aromatic carbocycles. The smallest absolute Gasteiger partial charge is 0.0380 e.